The van der Waals surface area contributed by atoms with Crippen LogP contribution in [0.2, 0.25) is 0 Å². The first-order chi connectivity index (χ1) is 12.6. The molecule has 8 heteroatoms. The smallest absolute Gasteiger partial charge is 0.269 e. The van der Waals surface area contributed by atoms with Crippen LogP contribution < -0.4 is 5.32 Å². The van der Waals surface area contributed by atoms with Gasteiger partial charge in [0.25, 0.3) is 11.6 Å². The summed E-state index contributed by atoms with van der Waals surface area (Å²) in [5, 5.41) is 15.5. The van der Waals surface area contributed by atoms with E-state index < -0.39 is 4.92 Å². The molecule has 0 radical (unpaired) electrons. The second-order valence-electron chi connectivity index (χ2n) is 5.56. The average molecular weight is 364 g/mol. The van der Waals surface area contributed by atoms with E-state index >= 15 is 0 Å². The van der Waals surface area contributed by atoms with E-state index in [1.54, 1.807) is 17.4 Å². The molecule has 0 atom stereocenters. The van der Waals surface area contributed by atoms with Gasteiger partial charge in [-0.05, 0) is 24.3 Å². The Labute approximate surface area is 151 Å². The van der Waals surface area contributed by atoms with Crippen molar-refractivity contribution in [2.75, 3.05) is 5.32 Å². The number of hydrogen-bond acceptors (Lipinski definition) is 5. The number of carbonyl (C=O) groups excluding carboxylic acids is 1. The Bertz CT molecular complexity index is 1090. The minimum Gasteiger partial charge on any atom is -0.322 e. The summed E-state index contributed by atoms with van der Waals surface area (Å²) in [5.74, 6) is -0.331. The molecule has 2 aromatic heterocycles. The predicted molar refractivity (Wildman–Crippen MR) is 99.6 cm³/mol. The number of non-ortho nitro benzene ring substituents is 1. The van der Waals surface area contributed by atoms with Gasteiger partial charge in [-0.25, -0.2) is 4.98 Å². The summed E-state index contributed by atoms with van der Waals surface area (Å²) in [7, 11) is 0. The van der Waals surface area contributed by atoms with Crippen LogP contribution in [0.25, 0.3) is 16.2 Å². The molecular formula is C18H12N4O3S. The zero-order valence-electron chi connectivity index (χ0n) is 13.3. The van der Waals surface area contributed by atoms with E-state index in [2.05, 4.69) is 10.3 Å². The number of benzene rings is 2. The fraction of sp³-hybridized carbons (Fsp3) is 0. The number of amides is 1. The number of fused-ring (bicyclic) bond motifs is 1. The van der Waals surface area contributed by atoms with Gasteiger partial charge in [0, 0.05) is 46.7 Å². The second-order valence-corrected chi connectivity index (χ2v) is 6.43. The highest BCUT2D eigenvalue weighted by Crippen LogP contribution is 2.24. The number of hydrogen-bond donors (Lipinski definition) is 1. The van der Waals surface area contributed by atoms with Crippen molar-refractivity contribution in [1.29, 1.82) is 0 Å². The quantitative estimate of drug-likeness (QED) is 0.433. The molecule has 0 bridgehead atoms. The number of thiazole rings is 1. The van der Waals surface area contributed by atoms with Gasteiger partial charge in [0.2, 0.25) is 0 Å². The monoisotopic (exact) mass is 364 g/mol. The Morgan fingerprint density at radius 3 is 2.73 bits per heavy atom. The number of rotatable bonds is 4. The molecule has 0 aliphatic rings. The maximum absolute atomic E-state index is 12.3. The fourth-order valence-corrected chi connectivity index (χ4v) is 3.26. The third kappa shape index (κ3) is 3.05. The maximum atomic E-state index is 12.3. The second kappa shape index (κ2) is 6.41. The van der Waals surface area contributed by atoms with Gasteiger partial charge in [0.15, 0.2) is 4.96 Å². The van der Waals surface area contributed by atoms with E-state index in [0.29, 0.717) is 11.3 Å². The lowest BCUT2D eigenvalue weighted by Gasteiger charge is -2.06. The van der Waals surface area contributed by atoms with E-state index in [0.717, 1.165) is 16.2 Å². The molecule has 1 amide bonds. The van der Waals surface area contributed by atoms with Crippen LogP contribution in [0.15, 0.2) is 66.3 Å². The van der Waals surface area contributed by atoms with Crippen LogP contribution in [-0.4, -0.2) is 20.2 Å². The number of carbonyl (C=O) groups is 1. The number of nitrogens with one attached hydrogen (secondary N) is 1. The predicted octanol–water partition coefficient (Wildman–Crippen LogP) is 4.22. The van der Waals surface area contributed by atoms with Gasteiger partial charge in [0.05, 0.1) is 10.6 Å². The molecule has 128 valence electrons. The number of anilines is 1. The zero-order chi connectivity index (χ0) is 18.1. The molecule has 0 aliphatic carbocycles. The Balaban J connectivity index is 1.55. The molecule has 0 saturated carbocycles. The van der Waals surface area contributed by atoms with Gasteiger partial charge in [-0.3, -0.25) is 19.3 Å². The van der Waals surface area contributed by atoms with E-state index in [1.807, 2.05) is 40.4 Å². The average Bonchev–Trinajstić information content (AvgIpc) is 3.24. The van der Waals surface area contributed by atoms with E-state index in [1.165, 1.54) is 24.3 Å². The summed E-state index contributed by atoms with van der Waals surface area (Å²) in [5.41, 5.74) is 2.64. The third-order valence-electron chi connectivity index (χ3n) is 3.85. The first-order valence-electron chi connectivity index (χ1n) is 7.68. The molecule has 2 aromatic carbocycles. The lowest BCUT2D eigenvalue weighted by Crippen LogP contribution is -2.11. The van der Waals surface area contributed by atoms with Crippen molar-refractivity contribution in [3.8, 4) is 11.3 Å². The molecule has 0 unspecified atom stereocenters. The molecular weight excluding hydrogens is 352 g/mol. The molecule has 0 fully saturated rings. The largest absolute Gasteiger partial charge is 0.322 e. The van der Waals surface area contributed by atoms with Gasteiger partial charge in [-0.2, -0.15) is 0 Å². The van der Waals surface area contributed by atoms with Crippen LogP contribution in [0.4, 0.5) is 11.4 Å². The Morgan fingerprint density at radius 2 is 2.00 bits per heavy atom. The number of nitrogens with zero attached hydrogens (tertiary/aromatic N) is 3. The standard InChI is InChI=1S/C18H12N4O3S/c23-17(12-4-6-15(7-5-12)22(24)25)19-14-3-1-2-13(10-14)16-11-21-8-9-26-18(21)20-16/h1-11H,(H,19,23). The summed E-state index contributed by atoms with van der Waals surface area (Å²) < 4.78 is 1.95. The molecule has 0 aliphatic heterocycles. The van der Waals surface area contributed by atoms with E-state index in [4.69, 9.17) is 0 Å². The van der Waals surface area contributed by atoms with Crippen molar-refractivity contribution in [1.82, 2.24) is 9.38 Å². The Morgan fingerprint density at radius 1 is 1.19 bits per heavy atom. The van der Waals surface area contributed by atoms with Gasteiger partial charge in [-0.1, -0.05) is 12.1 Å². The summed E-state index contributed by atoms with van der Waals surface area (Å²) in [6, 6.07) is 12.9. The van der Waals surface area contributed by atoms with Crippen molar-refractivity contribution in [2.24, 2.45) is 0 Å². The molecule has 4 rings (SSSR count). The van der Waals surface area contributed by atoms with Gasteiger partial charge >= 0.3 is 0 Å². The van der Waals surface area contributed by atoms with Crippen LogP contribution in [-0.2, 0) is 0 Å². The molecule has 0 spiro atoms. The first-order valence-corrected chi connectivity index (χ1v) is 8.56. The van der Waals surface area contributed by atoms with Crippen LogP contribution in [0.3, 0.4) is 0 Å². The summed E-state index contributed by atoms with van der Waals surface area (Å²) in [6.45, 7) is 0. The molecule has 4 aromatic rings. The van der Waals surface area contributed by atoms with Gasteiger partial charge in [0.1, 0.15) is 0 Å². The van der Waals surface area contributed by atoms with Crippen LogP contribution in [0.5, 0.6) is 0 Å². The molecule has 2 heterocycles. The summed E-state index contributed by atoms with van der Waals surface area (Å²) in [4.78, 5) is 28.0. The minimum atomic E-state index is -0.499. The molecule has 7 nitrogen and oxygen atoms in total. The van der Waals surface area contributed by atoms with Crippen molar-refractivity contribution in [3.63, 3.8) is 0 Å². The molecule has 1 N–H and O–H groups in total. The van der Waals surface area contributed by atoms with Crippen molar-refractivity contribution in [3.05, 3.63) is 82.0 Å². The number of nitro benzene ring substituents is 1. The molecule has 26 heavy (non-hydrogen) atoms. The van der Waals surface area contributed by atoms with Crippen molar-refractivity contribution in [2.45, 2.75) is 0 Å². The summed E-state index contributed by atoms with van der Waals surface area (Å²) in [6.07, 6.45) is 3.87. The zero-order valence-corrected chi connectivity index (χ0v) is 14.1. The van der Waals surface area contributed by atoms with Crippen LogP contribution in [0.1, 0.15) is 10.4 Å². The molecule has 0 saturated heterocycles. The fourth-order valence-electron chi connectivity index (χ4n) is 2.56. The highest BCUT2D eigenvalue weighted by atomic mass is 32.1. The van der Waals surface area contributed by atoms with Crippen molar-refractivity contribution < 1.29 is 9.72 Å². The third-order valence-corrected chi connectivity index (χ3v) is 4.62. The lowest BCUT2D eigenvalue weighted by atomic mass is 10.1. The van der Waals surface area contributed by atoms with E-state index in [9.17, 15) is 14.9 Å². The number of nitro groups is 1. The number of imidazole rings is 1. The first kappa shape index (κ1) is 16.0. The van der Waals surface area contributed by atoms with Crippen molar-refractivity contribution >= 4 is 33.6 Å². The SMILES string of the molecule is O=C(Nc1cccc(-c2cn3ccsc3n2)c1)c1ccc([N+](=O)[O-])cc1. The highest BCUT2D eigenvalue weighted by molar-refractivity contribution is 7.15. The Kier molecular flexibility index (Phi) is 3.94. The lowest BCUT2D eigenvalue weighted by molar-refractivity contribution is -0.384. The minimum absolute atomic E-state index is 0.0525. The Hall–Kier alpha value is -3.52. The normalized spacial score (nSPS) is 10.8. The van der Waals surface area contributed by atoms with E-state index in [-0.39, 0.29) is 11.6 Å². The maximum Gasteiger partial charge on any atom is 0.269 e. The van der Waals surface area contributed by atoms with Gasteiger partial charge in [-0.15, -0.1) is 11.3 Å². The van der Waals surface area contributed by atoms with Gasteiger partial charge < -0.3 is 5.32 Å². The topological polar surface area (TPSA) is 89.5 Å². The number of aromatic nitrogens is 2. The van der Waals surface area contributed by atoms with Crippen LogP contribution >= 0.6 is 11.3 Å². The highest BCUT2D eigenvalue weighted by Gasteiger charge is 2.11. The summed E-state index contributed by atoms with van der Waals surface area (Å²) >= 11 is 1.55. The van der Waals surface area contributed by atoms with Crippen LogP contribution in [0, 0.1) is 10.1 Å².